The van der Waals surface area contributed by atoms with Crippen molar-refractivity contribution in [1.82, 2.24) is 20.2 Å². The van der Waals surface area contributed by atoms with Crippen LogP contribution in [0.3, 0.4) is 0 Å². The third kappa shape index (κ3) is 3.49. The molecule has 0 radical (unpaired) electrons. The van der Waals surface area contributed by atoms with Crippen molar-refractivity contribution < 1.29 is 9.21 Å². The van der Waals surface area contributed by atoms with Crippen molar-refractivity contribution in [3.05, 3.63) is 41.9 Å². The van der Waals surface area contributed by atoms with Gasteiger partial charge in [-0.1, -0.05) is 13.0 Å². The third-order valence-corrected chi connectivity index (χ3v) is 5.80. The van der Waals surface area contributed by atoms with E-state index in [1.165, 1.54) is 0 Å². The van der Waals surface area contributed by atoms with E-state index in [1.807, 2.05) is 43.0 Å². The van der Waals surface area contributed by atoms with Gasteiger partial charge >= 0.3 is 0 Å². The molecular weight excluding hydrogens is 394 g/mol. The number of carbonyl (C=O) groups is 1. The van der Waals surface area contributed by atoms with Crippen molar-refractivity contribution in [2.45, 2.75) is 39.2 Å². The van der Waals surface area contributed by atoms with E-state index in [1.54, 1.807) is 6.20 Å². The molecule has 2 aliphatic heterocycles. The van der Waals surface area contributed by atoms with Gasteiger partial charge in [0.15, 0.2) is 0 Å². The fourth-order valence-electron chi connectivity index (χ4n) is 4.27. The van der Waals surface area contributed by atoms with E-state index in [0.717, 1.165) is 43.0 Å². The first-order valence-electron chi connectivity index (χ1n) is 10.8. The van der Waals surface area contributed by atoms with Gasteiger partial charge in [0.1, 0.15) is 11.4 Å². The molecule has 0 bridgehead atoms. The molecule has 3 aromatic rings. The second kappa shape index (κ2) is 7.98. The fraction of sp³-hybridized carbons (Fsp3) is 0.409. The summed E-state index contributed by atoms with van der Waals surface area (Å²) in [7, 11) is 0. The molecule has 0 unspecified atom stereocenters. The van der Waals surface area contributed by atoms with Crippen LogP contribution in [0.5, 0.6) is 0 Å². The van der Waals surface area contributed by atoms with Gasteiger partial charge < -0.3 is 19.5 Å². The molecule has 4 heterocycles. The van der Waals surface area contributed by atoms with Gasteiger partial charge in [-0.05, 0) is 38.0 Å². The molecule has 2 aliphatic rings. The molecule has 160 valence electrons. The van der Waals surface area contributed by atoms with E-state index in [9.17, 15) is 4.79 Å². The molecule has 9 heteroatoms. The van der Waals surface area contributed by atoms with Crippen LogP contribution < -0.4 is 15.1 Å². The smallest absolute Gasteiger partial charge is 0.263 e. The van der Waals surface area contributed by atoms with Gasteiger partial charge in [0, 0.05) is 49.5 Å². The maximum absolute atomic E-state index is 13.6. The summed E-state index contributed by atoms with van der Waals surface area (Å²) in [6.45, 7) is 6.19. The molecule has 0 aliphatic carbocycles. The van der Waals surface area contributed by atoms with Crippen LogP contribution in [-0.2, 0) is 6.42 Å². The maximum Gasteiger partial charge on any atom is 0.263 e. The number of hydrogen-bond donors (Lipinski definition) is 1. The van der Waals surface area contributed by atoms with Crippen molar-refractivity contribution in [3.8, 4) is 11.5 Å². The number of carbonyl (C=O) groups excluding carboxylic acids is 1. The lowest BCUT2D eigenvalue weighted by Crippen LogP contribution is -2.39. The highest BCUT2D eigenvalue weighted by Gasteiger charge is 2.37. The molecule has 31 heavy (non-hydrogen) atoms. The molecule has 1 N–H and O–H groups in total. The average Bonchev–Trinajstić information content (AvgIpc) is 3.45. The Morgan fingerprint density at radius 1 is 1.26 bits per heavy atom. The van der Waals surface area contributed by atoms with Crippen molar-refractivity contribution in [3.63, 3.8) is 0 Å². The summed E-state index contributed by atoms with van der Waals surface area (Å²) in [5, 5.41) is 11.3. The van der Waals surface area contributed by atoms with Gasteiger partial charge in [-0.3, -0.25) is 4.79 Å². The third-order valence-electron chi connectivity index (χ3n) is 5.80. The number of nitrogens with one attached hydrogen (secondary N) is 1. The molecule has 9 nitrogen and oxygen atoms in total. The van der Waals surface area contributed by atoms with Gasteiger partial charge in [0.2, 0.25) is 17.7 Å². The first-order valence-corrected chi connectivity index (χ1v) is 10.8. The maximum atomic E-state index is 13.6. The van der Waals surface area contributed by atoms with Crippen molar-refractivity contribution in [2.75, 3.05) is 34.8 Å². The Hall–Kier alpha value is -3.49. The summed E-state index contributed by atoms with van der Waals surface area (Å²) in [6, 6.07) is 7.92. The Bertz CT molecular complexity index is 1110. The Labute approximate surface area is 180 Å². The van der Waals surface area contributed by atoms with Gasteiger partial charge in [0.05, 0.1) is 0 Å². The second-order valence-corrected chi connectivity index (χ2v) is 7.77. The Balaban J connectivity index is 1.54. The number of aromatic nitrogens is 4. The molecule has 1 amide bonds. The quantitative estimate of drug-likeness (QED) is 0.673. The minimum Gasteiger partial charge on any atom is -0.421 e. The Morgan fingerprint density at radius 2 is 2.16 bits per heavy atom. The van der Waals surface area contributed by atoms with Crippen LogP contribution in [-0.4, -0.2) is 51.7 Å². The minimum absolute atomic E-state index is 0.0932. The number of anilines is 3. The minimum atomic E-state index is -0.0932. The highest BCUT2D eigenvalue weighted by atomic mass is 16.4. The zero-order valence-corrected chi connectivity index (χ0v) is 17.7. The highest BCUT2D eigenvalue weighted by Crippen LogP contribution is 2.35. The summed E-state index contributed by atoms with van der Waals surface area (Å²) in [5.74, 6) is 2.24. The topological polar surface area (TPSA) is 100 Å². The van der Waals surface area contributed by atoms with E-state index in [0.29, 0.717) is 36.3 Å². The zero-order chi connectivity index (χ0) is 21.4. The number of aryl methyl sites for hydroxylation is 1. The number of rotatable bonds is 5. The SMILES string of the molecule is CCNc1ncc2c(n1)N1CCC[C@H]1CN(c1cccc(-c3nnc(CC)o3)c1)C2=O. The number of hydrogen-bond acceptors (Lipinski definition) is 8. The first-order chi connectivity index (χ1) is 15.2. The second-order valence-electron chi connectivity index (χ2n) is 7.77. The Morgan fingerprint density at radius 3 is 2.97 bits per heavy atom. The molecule has 2 aromatic heterocycles. The molecule has 1 atom stereocenters. The number of amides is 1. The van der Waals surface area contributed by atoms with E-state index in [2.05, 4.69) is 30.4 Å². The number of nitrogens with zero attached hydrogens (tertiary/aromatic N) is 6. The van der Waals surface area contributed by atoms with Crippen LogP contribution >= 0.6 is 0 Å². The van der Waals surface area contributed by atoms with Gasteiger partial charge in [-0.15, -0.1) is 10.2 Å². The lowest BCUT2D eigenvalue weighted by molar-refractivity contribution is 0.0988. The van der Waals surface area contributed by atoms with Crippen LogP contribution in [0, 0.1) is 0 Å². The summed E-state index contributed by atoms with van der Waals surface area (Å²) in [5.41, 5.74) is 2.13. The number of benzene rings is 1. The van der Waals surface area contributed by atoms with E-state index < -0.39 is 0 Å². The zero-order valence-electron chi connectivity index (χ0n) is 17.7. The standard InChI is InChI=1S/C22H25N7O2/c1-3-18-26-27-20(31-18)14-7-5-8-15(11-14)29-13-16-9-6-10-28(16)19-17(21(29)30)12-24-22(25-19)23-4-2/h5,7-8,11-12,16H,3-4,6,9-10,13H2,1-2H3,(H,23,24,25)/t16-/m0/s1. The van der Waals surface area contributed by atoms with Gasteiger partial charge in [-0.25, -0.2) is 4.98 Å². The molecule has 1 fully saturated rings. The summed E-state index contributed by atoms with van der Waals surface area (Å²) in [4.78, 5) is 26.7. The van der Waals surface area contributed by atoms with Gasteiger partial charge in [0.25, 0.3) is 5.91 Å². The predicted octanol–water partition coefficient (Wildman–Crippen LogP) is 3.15. The monoisotopic (exact) mass is 419 g/mol. The van der Waals surface area contributed by atoms with Crippen LogP contribution in [0.2, 0.25) is 0 Å². The van der Waals surface area contributed by atoms with E-state index in [4.69, 9.17) is 4.42 Å². The molecule has 1 saturated heterocycles. The largest absolute Gasteiger partial charge is 0.421 e. The normalized spacial score (nSPS) is 18.0. The fourth-order valence-corrected chi connectivity index (χ4v) is 4.27. The predicted molar refractivity (Wildman–Crippen MR) is 117 cm³/mol. The Kier molecular flexibility index (Phi) is 5.01. The van der Waals surface area contributed by atoms with Crippen molar-refractivity contribution in [2.24, 2.45) is 0 Å². The van der Waals surface area contributed by atoms with Crippen LogP contribution in [0.1, 0.15) is 42.9 Å². The number of fused-ring (bicyclic) bond motifs is 3. The van der Waals surface area contributed by atoms with E-state index >= 15 is 0 Å². The molecule has 1 aromatic carbocycles. The lowest BCUT2D eigenvalue weighted by Gasteiger charge is -2.27. The molecule has 0 saturated carbocycles. The average molecular weight is 419 g/mol. The summed E-state index contributed by atoms with van der Waals surface area (Å²) >= 11 is 0. The first kappa shape index (κ1) is 19.5. The van der Waals surface area contributed by atoms with Gasteiger partial charge in [-0.2, -0.15) is 4.98 Å². The molecule has 5 rings (SSSR count). The van der Waals surface area contributed by atoms with Crippen LogP contribution in [0.15, 0.2) is 34.9 Å². The van der Waals surface area contributed by atoms with Crippen molar-refractivity contribution in [1.29, 1.82) is 0 Å². The molecular formula is C22H25N7O2. The highest BCUT2D eigenvalue weighted by molar-refractivity contribution is 6.10. The molecule has 0 spiro atoms. The lowest BCUT2D eigenvalue weighted by atomic mass is 10.1. The summed E-state index contributed by atoms with van der Waals surface area (Å²) < 4.78 is 5.71. The van der Waals surface area contributed by atoms with E-state index in [-0.39, 0.29) is 11.9 Å². The van der Waals surface area contributed by atoms with Crippen molar-refractivity contribution >= 4 is 23.4 Å². The van der Waals surface area contributed by atoms with Crippen LogP contribution in [0.25, 0.3) is 11.5 Å². The van der Waals surface area contributed by atoms with Crippen LogP contribution in [0.4, 0.5) is 17.5 Å². The summed E-state index contributed by atoms with van der Waals surface area (Å²) in [6.07, 6.45) is 4.42.